The standard InChI is InChI=1S/C26H35ClFN3O4S/c1-5-19(3)29-26(33)24(6-2)30(18-20-9-11-21(27)12-10-20)25(32)8-7-17-31(36(4,34)35)23-15-13-22(28)14-16-23/h9-16,19,24H,5-8,17-18H2,1-4H3,(H,29,33)/t19-,24-/m1/s1. The van der Waals surface area contributed by atoms with Crippen LogP contribution in [0.1, 0.15) is 52.0 Å². The topological polar surface area (TPSA) is 86.8 Å². The first-order valence-corrected chi connectivity index (χ1v) is 14.3. The Bertz CT molecular complexity index is 1110. The molecule has 0 aliphatic rings. The number of halogens is 2. The molecule has 2 amide bonds. The Hall–Kier alpha value is -2.65. The van der Waals surface area contributed by atoms with Gasteiger partial charge in [-0.15, -0.1) is 0 Å². The minimum Gasteiger partial charge on any atom is -0.352 e. The minimum atomic E-state index is -3.64. The van der Waals surface area contributed by atoms with E-state index in [-0.39, 0.29) is 43.8 Å². The van der Waals surface area contributed by atoms with Crippen molar-refractivity contribution in [2.24, 2.45) is 0 Å². The molecule has 0 unspecified atom stereocenters. The first-order chi connectivity index (χ1) is 17.0. The molecule has 2 atom stereocenters. The Morgan fingerprint density at radius 3 is 2.17 bits per heavy atom. The summed E-state index contributed by atoms with van der Waals surface area (Å²) in [5, 5.41) is 3.53. The molecule has 0 aromatic heterocycles. The molecule has 0 heterocycles. The predicted octanol–water partition coefficient (Wildman–Crippen LogP) is 4.75. The number of nitrogens with one attached hydrogen (secondary N) is 1. The van der Waals surface area contributed by atoms with Gasteiger partial charge >= 0.3 is 0 Å². The van der Waals surface area contributed by atoms with Crippen LogP contribution in [-0.4, -0.2) is 50.0 Å². The molecule has 0 bridgehead atoms. The van der Waals surface area contributed by atoms with E-state index in [9.17, 15) is 22.4 Å². The van der Waals surface area contributed by atoms with Crippen molar-refractivity contribution < 1.29 is 22.4 Å². The quantitative estimate of drug-likeness (QED) is 0.398. The van der Waals surface area contributed by atoms with Crippen LogP contribution in [0, 0.1) is 5.82 Å². The molecule has 0 saturated heterocycles. The van der Waals surface area contributed by atoms with E-state index >= 15 is 0 Å². The van der Waals surface area contributed by atoms with Crippen molar-refractivity contribution in [3.8, 4) is 0 Å². The van der Waals surface area contributed by atoms with Crippen molar-refractivity contribution in [3.05, 3.63) is 64.9 Å². The highest BCUT2D eigenvalue weighted by Crippen LogP contribution is 2.20. The highest BCUT2D eigenvalue weighted by atomic mass is 35.5. The van der Waals surface area contributed by atoms with Crippen LogP contribution in [0.15, 0.2) is 48.5 Å². The summed E-state index contributed by atoms with van der Waals surface area (Å²) in [7, 11) is -3.64. The zero-order valence-corrected chi connectivity index (χ0v) is 22.8. The van der Waals surface area contributed by atoms with E-state index in [1.54, 1.807) is 17.0 Å². The summed E-state index contributed by atoms with van der Waals surface area (Å²) < 4.78 is 39.1. The molecule has 0 fully saturated rings. The molecule has 1 N–H and O–H groups in total. The summed E-state index contributed by atoms with van der Waals surface area (Å²) in [4.78, 5) is 28.0. The number of anilines is 1. The molecular formula is C26H35ClFN3O4S. The Morgan fingerprint density at radius 2 is 1.64 bits per heavy atom. The van der Waals surface area contributed by atoms with E-state index in [0.717, 1.165) is 22.5 Å². The fourth-order valence-corrected chi connectivity index (χ4v) is 4.85. The highest BCUT2D eigenvalue weighted by Gasteiger charge is 2.29. The number of hydrogen-bond donors (Lipinski definition) is 1. The van der Waals surface area contributed by atoms with Crippen LogP contribution in [-0.2, 0) is 26.2 Å². The maximum atomic E-state index is 13.4. The smallest absolute Gasteiger partial charge is 0.243 e. The predicted molar refractivity (Wildman–Crippen MR) is 142 cm³/mol. The monoisotopic (exact) mass is 539 g/mol. The normalized spacial score (nSPS) is 13.1. The first-order valence-electron chi connectivity index (χ1n) is 12.0. The maximum Gasteiger partial charge on any atom is 0.243 e. The van der Waals surface area contributed by atoms with Crippen LogP contribution in [0.2, 0.25) is 5.02 Å². The number of nitrogens with zero attached hydrogens (tertiary/aromatic N) is 2. The van der Waals surface area contributed by atoms with E-state index in [1.165, 1.54) is 24.3 Å². The van der Waals surface area contributed by atoms with Crippen LogP contribution in [0.5, 0.6) is 0 Å². The number of carbonyl (C=O) groups is 2. The fraction of sp³-hybridized carbons (Fsp3) is 0.462. The molecule has 2 aromatic rings. The molecule has 2 rings (SSSR count). The molecule has 0 radical (unpaired) electrons. The largest absolute Gasteiger partial charge is 0.352 e. The van der Waals surface area contributed by atoms with Gasteiger partial charge in [-0.05, 0) is 68.1 Å². The fourth-order valence-electron chi connectivity index (χ4n) is 3.76. The maximum absolute atomic E-state index is 13.4. The molecule has 0 spiro atoms. The summed E-state index contributed by atoms with van der Waals surface area (Å²) in [5.41, 5.74) is 1.15. The Morgan fingerprint density at radius 1 is 1.03 bits per heavy atom. The zero-order chi connectivity index (χ0) is 26.9. The van der Waals surface area contributed by atoms with E-state index in [0.29, 0.717) is 17.1 Å². The summed E-state index contributed by atoms with van der Waals surface area (Å²) >= 11 is 6.00. The average molecular weight is 540 g/mol. The summed E-state index contributed by atoms with van der Waals surface area (Å²) in [5.74, 6) is -0.955. The number of sulfonamides is 1. The van der Waals surface area contributed by atoms with Crippen LogP contribution in [0.3, 0.4) is 0 Å². The van der Waals surface area contributed by atoms with Gasteiger partial charge in [-0.25, -0.2) is 12.8 Å². The van der Waals surface area contributed by atoms with Gasteiger partial charge < -0.3 is 10.2 Å². The molecule has 10 heteroatoms. The Labute approximate surface area is 218 Å². The number of amides is 2. The Kier molecular flexibility index (Phi) is 11.2. The number of hydrogen-bond acceptors (Lipinski definition) is 4. The van der Waals surface area contributed by atoms with Crippen molar-refractivity contribution >= 4 is 39.1 Å². The second-order valence-electron chi connectivity index (χ2n) is 8.81. The summed E-state index contributed by atoms with van der Waals surface area (Å²) in [6.07, 6.45) is 2.51. The Balaban J connectivity index is 2.21. The van der Waals surface area contributed by atoms with Crippen molar-refractivity contribution in [2.45, 2.75) is 65.1 Å². The van der Waals surface area contributed by atoms with Crippen molar-refractivity contribution in [3.63, 3.8) is 0 Å². The number of benzene rings is 2. The zero-order valence-electron chi connectivity index (χ0n) is 21.2. The number of rotatable bonds is 13. The lowest BCUT2D eigenvalue weighted by Gasteiger charge is -2.32. The second kappa shape index (κ2) is 13.6. The third kappa shape index (κ3) is 8.78. The second-order valence-corrected chi connectivity index (χ2v) is 11.1. The highest BCUT2D eigenvalue weighted by molar-refractivity contribution is 7.92. The van der Waals surface area contributed by atoms with E-state index < -0.39 is 21.9 Å². The van der Waals surface area contributed by atoms with E-state index in [1.807, 2.05) is 32.9 Å². The van der Waals surface area contributed by atoms with Crippen molar-refractivity contribution in [1.29, 1.82) is 0 Å². The first kappa shape index (κ1) is 29.6. The van der Waals surface area contributed by atoms with Gasteiger partial charge in [0.1, 0.15) is 11.9 Å². The van der Waals surface area contributed by atoms with E-state index in [2.05, 4.69) is 5.32 Å². The van der Waals surface area contributed by atoms with Gasteiger partial charge in [0.15, 0.2) is 0 Å². The van der Waals surface area contributed by atoms with Crippen LogP contribution in [0.25, 0.3) is 0 Å². The van der Waals surface area contributed by atoms with Gasteiger partial charge in [0.2, 0.25) is 21.8 Å². The van der Waals surface area contributed by atoms with Crippen LogP contribution >= 0.6 is 11.6 Å². The molecule has 7 nitrogen and oxygen atoms in total. The van der Waals surface area contributed by atoms with E-state index in [4.69, 9.17) is 11.6 Å². The lowest BCUT2D eigenvalue weighted by Crippen LogP contribution is -2.50. The lowest BCUT2D eigenvalue weighted by atomic mass is 10.1. The third-order valence-electron chi connectivity index (χ3n) is 5.92. The average Bonchev–Trinajstić information content (AvgIpc) is 2.82. The van der Waals surface area contributed by atoms with Gasteiger partial charge in [-0.3, -0.25) is 13.9 Å². The molecular weight excluding hydrogens is 505 g/mol. The van der Waals surface area contributed by atoms with Crippen molar-refractivity contribution in [2.75, 3.05) is 17.1 Å². The lowest BCUT2D eigenvalue weighted by molar-refractivity contribution is -0.141. The molecule has 198 valence electrons. The minimum absolute atomic E-state index is 0.0296. The van der Waals surface area contributed by atoms with Crippen LogP contribution < -0.4 is 9.62 Å². The van der Waals surface area contributed by atoms with Crippen molar-refractivity contribution in [1.82, 2.24) is 10.2 Å². The molecule has 0 aliphatic heterocycles. The van der Waals surface area contributed by atoms with Gasteiger partial charge in [0.25, 0.3) is 0 Å². The molecule has 0 saturated carbocycles. The molecule has 36 heavy (non-hydrogen) atoms. The summed E-state index contributed by atoms with van der Waals surface area (Å²) in [6, 6.07) is 11.5. The van der Waals surface area contributed by atoms with Gasteiger partial charge in [0, 0.05) is 30.6 Å². The molecule has 2 aromatic carbocycles. The summed E-state index contributed by atoms with van der Waals surface area (Å²) in [6.45, 7) is 5.99. The third-order valence-corrected chi connectivity index (χ3v) is 7.37. The van der Waals surface area contributed by atoms with Gasteiger partial charge in [-0.1, -0.05) is 37.6 Å². The number of carbonyl (C=O) groups excluding carboxylic acids is 2. The SMILES string of the molecule is CC[C@@H](C)NC(=O)[C@@H](CC)N(Cc1ccc(Cl)cc1)C(=O)CCCN(c1ccc(F)cc1)S(C)(=O)=O. The van der Waals surface area contributed by atoms with Crippen LogP contribution in [0.4, 0.5) is 10.1 Å². The van der Waals surface area contributed by atoms with Gasteiger partial charge in [-0.2, -0.15) is 0 Å². The molecule has 0 aliphatic carbocycles. The van der Waals surface area contributed by atoms with Gasteiger partial charge in [0.05, 0.1) is 11.9 Å².